The van der Waals surface area contributed by atoms with Crippen molar-refractivity contribution in [2.45, 2.75) is 19.4 Å². The SMILES string of the molecule is CN(C)CC1Cc2cccc3c4c(n(c23)C1)Cc1ccccc1-4. The van der Waals surface area contributed by atoms with E-state index >= 15 is 0 Å². The van der Waals surface area contributed by atoms with Crippen LogP contribution >= 0.6 is 0 Å². The predicted octanol–water partition coefficient (Wildman–Crippen LogP) is 3.95. The third kappa shape index (κ3) is 1.85. The van der Waals surface area contributed by atoms with Crippen LogP contribution in [0.3, 0.4) is 0 Å². The molecule has 0 N–H and O–H groups in total. The molecular formula is C21H22N2. The van der Waals surface area contributed by atoms with Gasteiger partial charge in [0.15, 0.2) is 0 Å². The highest BCUT2D eigenvalue weighted by atomic mass is 15.1. The topological polar surface area (TPSA) is 8.17 Å². The molecule has 2 heterocycles. The molecule has 0 saturated heterocycles. The lowest BCUT2D eigenvalue weighted by atomic mass is 9.93. The molecule has 2 nitrogen and oxygen atoms in total. The van der Waals surface area contributed by atoms with Gasteiger partial charge in [-0.25, -0.2) is 0 Å². The molecule has 0 amide bonds. The Bertz CT molecular complexity index is 917. The van der Waals surface area contributed by atoms with Gasteiger partial charge in [0.05, 0.1) is 5.52 Å². The summed E-state index contributed by atoms with van der Waals surface area (Å²) in [7, 11) is 4.37. The summed E-state index contributed by atoms with van der Waals surface area (Å²) >= 11 is 0. The summed E-state index contributed by atoms with van der Waals surface area (Å²) in [6.07, 6.45) is 2.30. The number of para-hydroxylation sites is 1. The van der Waals surface area contributed by atoms with Crippen LogP contribution in [0, 0.1) is 5.92 Å². The summed E-state index contributed by atoms with van der Waals surface area (Å²) in [5.74, 6) is 0.711. The van der Waals surface area contributed by atoms with E-state index in [1.54, 1.807) is 0 Å². The number of aromatic nitrogens is 1. The summed E-state index contributed by atoms with van der Waals surface area (Å²) in [6, 6.07) is 15.8. The number of hydrogen-bond donors (Lipinski definition) is 0. The van der Waals surface area contributed by atoms with Gasteiger partial charge in [-0.1, -0.05) is 42.5 Å². The van der Waals surface area contributed by atoms with Gasteiger partial charge in [0, 0.05) is 36.2 Å². The number of nitrogens with zero attached hydrogens (tertiary/aromatic N) is 2. The zero-order valence-corrected chi connectivity index (χ0v) is 13.8. The number of rotatable bonds is 2. The minimum Gasteiger partial charge on any atom is -0.343 e. The molecule has 0 saturated carbocycles. The van der Waals surface area contributed by atoms with Crippen LogP contribution < -0.4 is 0 Å². The van der Waals surface area contributed by atoms with E-state index in [0.717, 1.165) is 19.5 Å². The van der Waals surface area contributed by atoms with Crippen LogP contribution in [-0.2, 0) is 19.4 Å². The van der Waals surface area contributed by atoms with Gasteiger partial charge in [0.25, 0.3) is 0 Å². The summed E-state index contributed by atoms with van der Waals surface area (Å²) in [5, 5.41) is 1.46. The summed E-state index contributed by atoms with van der Waals surface area (Å²) < 4.78 is 2.64. The molecule has 2 heteroatoms. The Labute approximate surface area is 137 Å². The molecule has 0 spiro atoms. The van der Waals surface area contributed by atoms with Crippen LogP contribution in [-0.4, -0.2) is 30.1 Å². The Kier molecular flexibility index (Phi) is 2.75. The van der Waals surface area contributed by atoms with Crippen LogP contribution in [0.25, 0.3) is 22.0 Å². The van der Waals surface area contributed by atoms with E-state index in [0.29, 0.717) is 5.92 Å². The lowest BCUT2D eigenvalue weighted by molar-refractivity contribution is 0.292. The van der Waals surface area contributed by atoms with Gasteiger partial charge in [-0.2, -0.15) is 0 Å². The Hall–Kier alpha value is -2.06. The van der Waals surface area contributed by atoms with Gasteiger partial charge < -0.3 is 9.47 Å². The minimum atomic E-state index is 0.711. The maximum atomic E-state index is 2.64. The monoisotopic (exact) mass is 302 g/mol. The molecular weight excluding hydrogens is 280 g/mol. The molecule has 1 unspecified atom stereocenters. The van der Waals surface area contributed by atoms with Crippen molar-refractivity contribution in [1.82, 2.24) is 9.47 Å². The van der Waals surface area contributed by atoms with E-state index in [1.807, 2.05) is 0 Å². The first kappa shape index (κ1) is 13.4. The first-order chi connectivity index (χ1) is 11.2. The van der Waals surface area contributed by atoms with Crippen LogP contribution in [0.4, 0.5) is 0 Å². The van der Waals surface area contributed by atoms with E-state index in [2.05, 4.69) is 66.0 Å². The van der Waals surface area contributed by atoms with Crippen molar-refractivity contribution in [3.8, 4) is 11.1 Å². The van der Waals surface area contributed by atoms with Gasteiger partial charge >= 0.3 is 0 Å². The van der Waals surface area contributed by atoms with E-state index in [-0.39, 0.29) is 0 Å². The Morgan fingerprint density at radius 3 is 2.74 bits per heavy atom. The van der Waals surface area contributed by atoms with Gasteiger partial charge in [-0.15, -0.1) is 0 Å². The van der Waals surface area contributed by atoms with E-state index < -0.39 is 0 Å². The second-order valence-corrected chi connectivity index (χ2v) is 7.41. The van der Waals surface area contributed by atoms with Crippen molar-refractivity contribution in [3.63, 3.8) is 0 Å². The second kappa shape index (κ2) is 4.72. The highest BCUT2D eigenvalue weighted by Gasteiger charge is 2.31. The smallest absolute Gasteiger partial charge is 0.0521 e. The quantitative estimate of drug-likeness (QED) is 0.544. The molecule has 116 valence electrons. The Morgan fingerprint density at radius 1 is 1.04 bits per heavy atom. The second-order valence-electron chi connectivity index (χ2n) is 7.41. The fourth-order valence-corrected chi connectivity index (χ4v) is 4.76. The number of fused-ring (bicyclic) bond motifs is 5. The van der Waals surface area contributed by atoms with Crippen LogP contribution in [0.5, 0.6) is 0 Å². The van der Waals surface area contributed by atoms with Gasteiger partial charge in [-0.05, 0) is 43.1 Å². The fourth-order valence-electron chi connectivity index (χ4n) is 4.76. The highest BCUT2D eigenvalue weighted by Crippen LogP contribution is 2.46. The third-order valence-corrected chi connectivity index (χ3v) is 5.49. The van der Waals surface area contributed by atoms with Gasteiger partial charge in [0.2, 0.25) is 0 Å². The summed E-state index contributed by atoms with van der Waals surface area (Å²) in [6.45, 7) is 2.32. The maximum absolute atomic E-state index is 2.64. The molecule has 1 atom stereocenters. The van der Waals surface area contributed by atoms with E-state index in [9.17, 15) is 0 Å². The molecule has 0 bridgehead atoms. The first-order valence-corrected chi connectivity index (χ1v) is 8.58. The molecule has 1 aliphatic heterocycles. The number of benzene rings is 2. The molecule has 3 aromatic rings. The normalized spacial score (nSPS) is 18.5. The first-order valence-electron chi connectivity index (χ1n) is 8.58. The lowest BCUT2D eigenvalue weighted by Gasteiger charge is -2.28. The average Bonchev–Trinajstić information content (AvgIpc) is 3.05. The van der Waals surface area contributed by atoms with Gasteiger partial charge in [-0.3, -0.25) is 0 Å². The van der Waals surface area contributed by atoms with E-state index in [1.165, 1.54) is 45.3 Å². The van der Waals surface area contributed by atoms with Crippen molar-refractivity contribution in [2.24, 2.45) is 5.92 Å². The standard InChI is InChI=1S/C21H22N2/c1-22(2)12-14-10-16-7-5-9-18-20-17-8-4-3-6-15(17)11-19(20)23(13-14)21(16)18/h3-9,14H,10-13H2,1-2H3. The number of hydrogen-bond acceptors (Lipinski definition) is 1. The van der Waals surface area contributed by atoms with Crippen LogP contribution in [0.15, 0.2) is 42.5 Å². The van der Waals surface area contributed by atoms with Crippen LogP contribution in [0.1, 0.15) is 16.8 Å². The van der Waals surface area contributed by atoms with Crippen molar-refractivity contribution < 1.29 is 0 Å². The summed E-state index contributed by atoms with van der Waals surface area (Å²) in [4.78, 5) is 2.33. The highest BCUT2D eigenvalue weighted by molar-refractivity contribution is 6.02. The summed E-state index contributed by atoms with van der Waals surface area (Å²) in [5.41, 5.74) is 9.02. The molecule has 2 aromatic carbocycles. The van der Waals surface area contributed by atoms with Crippen LogP contribution in [0.2, 0.25) is 0 Å². The van der Waals surface area contributed by atoms with Crippen molar-refractivity contribution in [2.75, 3.05) is 20.6 Å². The molecule has 5 rings (SSSR count). The third-order valence-electron chi connectivity index (χ3n) is 5.49. The molecule has 1 aliphatic carbocycles. The largest absolute Gasteiger partial charge is 0.343 e. The Balaban J connectivity index is 1.74. The molecule has 2 aliphatic rings. The van der Waals surface area contributed by atoms with Crippen molar-refractivity contribution >= 4 is 10.9 Å². The zero-order valence-electron chi connectivity index (χ0n) is 13.8. The lowest BCUT2D eigenvalue weighted by Crippen LogP contribution is -2.30. The van der Waals surface area contributed by atoms with E-state index in [4.69, 9.17) is 0 Å². The van der Waals surface area contributed by atoms with Crippen molar-refractivity contribution in [1.29, 1.82) is 0 Å². The molecule has 0 radical (unpaired) electrons. The Morgan fingerprint density at radius 2 is 1.87 bits per heavy atom. The molecule has 23 heavy (non-hydrogen) atoms. The van der Waals surface area contributed by atoms with Gasteiger partial charge in [0.1, 0.15) is 0 Å². The molecule has 0 fully saturated rings. The average molecular weight is 302 g/mol. The fraction of sp³-hybridized carbons (Fsp3) is 0.333. The zero-order chi connectivity index (χ0) is 15.6. The van der Waals surface area contributed by atoms with Crippen molar-refractivity contribution in [3.05, 3.63) is 59.3 Å². The molecule has 1 aromatic heterocycles. The predicted molar refractivity (Wildman–Crippen MR) is 95.9 cm³/mol. The minimum absolute atomic E-state index is 0.711. The maximum Gasteiger partial charge on any atom is 0.0521 e.